The number of carbonyl (C=O) groups is 2. The summed E-state index contributed by atoms with van der Waals surface area (Å²) in [6.45, 7) is 0. The molecule has 0 saturated carbocycles. The van der Waals surface area contributed by atoms with Gasteiger partial charge in [-0.2, -0.15) is 0 Å². The molecule has 0 fully saturated rings. The first kappa shape index (κ1) is 18.0. The molecule has 124 valence electrons. The van der Waals surface area contributed by atoms with Crippen LogP contribution < -0.4 is 15.6 Å². The van der Waals surface area contributed by atoms with E-state index < -0.39 is 11.8 Å². The molecule has 2 N–H and O–H groups in total. The average Bonchev–Trinajstić information content (AvgIpc) is 2.59. The molecule has 0 heterocycles. The Morgan fingerprint density at radius 1 is 1.17 bits per heavy atom. The minimum atomic E-state index is -0.531. The van der Waals surface area contributed by atoms with Crippen LogP contribution in [0.4, 0.5) is 0 Å². The number of nitrogens with one attached hydrogen (secondary N) is 2. The molecule has 7 heteroatoms. The van der Waals surface area contributed by atoms with Crippen LogP contribution in [0.15, 0.2) is 53.0 Å². The van der Waals surface area contributed by atoms with Crippen LogP contribution in [0.2, 0.25) is 5.02 Å². The fourth-order valence-corrected chi connectivity index (χ4v) is 2.45. The van der Waals surface area contributed by atoms with Crippen molar-refractivity contribution in [2.45, 2.75) is 0 Å². The zero-order valence-electron chi connectivity index (χ0n) is 12.7. The molecule has 2 amide bonds. The van der Waals surface area contributed by atoms with Crippen molar-refractivity contribution in [1.82, 2.24) is 10.9 Å². The van der Waals surface area contributed by atoms with Gasteiger partial charge >= 0.3 is 0 Å². The number of amides is 2. The maximum Gasteiger partial charge on any atom is 0.273 e. The molecule has 0 unspecified atom stereocenters. The van der Waals surface area contributed by atoms with Gasteiger partial charge in [-0.05, 0) is 35.9 Å². The number of carbonyl (C=O) groups excluding carboxylic acids is 2. The first-order valence-electron chi connectivity index (χ1n) is 6.87. The molecule has 0 saturated heterocycles. The Balaban J connectivity index is 1.98. The van der Waals surface area contributed by atoms with Gasteiger partial charge in [-0.1, -0.05) is 45.7 Å². The Morgan fingerprint density at radius 2 is 1.92 bits per heavy atom. The quantitative estimate of drug-likeness (QED) is 0.599. The van der Waals surface area contributed by atoms with Crippen LogP contribution in [0, 0.1) is 0 Å². The number of methoxy groups -OCH3 is 1. The Labute approximate surface area is 152 Å². The molecular weight excluding hydrogens is 396 g/mol. The Kier molecular flexibility index (Phi) is 6.40. The van der Waals surface area contributed by atoms with E-state index in [4.69, 9.17) is 16.3 Å². The standard InChI is InChI=1S/C17H14BrClN2O3/c1-24-15-8-7-12(19)10-13(15)17(23)21-20-16(22)9-6-11-4-2-3-5-14(11)18/h2-10H,1H3,(H,20,22)(H,21,23)/b9-6+. The molecule has 0 aliphatic heterocycles. The number of benzene rings is 2. The molecule has 5 nitrogen and oxygen atoms in total. The van der Waals surface area contributed by atoms with E-state index >= 15 is 0 Å². The van der Waals surface area contributed by atoms with Crippen molar-refractivity contribution >= 4 is 45.4 Å². The van der Waals surface area contributed by atoms with Gasteiger partial charge in [0.2, 0.25) is 0 Å². The molecule has 2 aromatic rings. The highest BCUT2D eigenvalue weighted by molar-refractivity contribution is 9.10. The van der Waals surface area contributed by atoms with Crippen molar-refractivity contribution in [1.29, 1.82) is 0 Å². The zero-order valence-corrected chi connectivity index (χ0v) is 15.0. The van der Waals surface area contributed by atoms with Crippen LogP contribution in [0.3, 0.4) is 0 Å². The van der Waals surface area contributed by atoms with E-state index in [1.807, 2.05) is 24.3 Å². The molecule has 0 radical (unpaired) electrons. The van der Waals surface area contributed by atoms with Crippen molar-refractivity contribution < 1.29 is 14.3 Å². The smallest absolute Gasteiger partial charge is 0.273 e. The second-order valence-corrected chi connectivity index (χ2v) is 5.93. The predicted octanol–water partition coefficient (Wildman–Crippen LogP) is 3.59. The van der Waals surface area contributed by atoms with Gasteiger partial charge in [0, 0.05) is 15.6 Å². The van der Waals surface area contributed by atoms with Crippen molar-refractivity contribution in [2.75, 3.05) is 7.11 Å². The monoisotopic (exact) mass is 408 g/mol. The summed E-state index contributed by atoms with van der Waals surface area (Å²) >= 11 is 9.26. The van der Waals surface area contributed by atoms with E-state index in [1.54, 1.807) is 18.2 Å². The predicted molar refractivity (Wildman–Crippen MR) is 96.8 cm³/mol. The van der Waals surface area contributed by atoms with Gasteiger partial charge < -0.3 is 4.74 Å². The van der Waals surface area contributed by atoms with Crippen LogP contribution in [-0.4, -0.2) is 18.9 Å². The van der Waals surface area contributed by atoms with Gasteiger partial charge in [0.1, 0.15) is 5.75 Å². The summed E-state index contributed by atoms with van der Waals surface area (Å²) in [5.74, 6) is -0.646. The molecule has 24 heavy (non-hydrogen) atoms. The van der Waals surface area contributed by atoms with Crippen LogP contribution in [-0.2, 0) is 4.79 Å². The third-order valence-electron chi connectivity index (χ3n) is 3.02. The molecule has 2 aromatic carbocycles. The molecule has 2 rings (SSSR count). The summed E-state index contributed by atoms with van der Waals surface area (Å²) in [5, 5.41) is 0.390. The summed E-state index contributed by atoms with van der Waals surface area (Å²) in [6.07, 6.45) is 2.95. The van der Waals surface area contributed by atoms with E-state index in [-0.39, 0.29) is 5.56 Å². The molecule has 0 aliphatic rings. The highest BCUT2D eigenvalue weighted by atomic mass is 79.9. The maximum atomic E-state index is 12.1. The van der Waals surface area contributed by atoms with Gasteiger partial charge in [-0.15, -0.1) is 0 Å². The first-order chi connectivity index (χ1) is 11.5. The van der Waals surface area contributed by atoms with Gasteiger partial charge in [-0.3, -0.25) is 20.4 Å². The van der Waals surface area contributed by atoms with E-state index in [2.05, 4.69) is 26.8 Å². The van der Waals surface area contributed by atoms with Crippen molar-refractivity contribution in [2.24, 2.45) is 0 Å². The lowest BCUT2D eigenvalue weighted by atomic mass is 10.2. The highest BCUT2D eigenvalue weighted by Gasteiger charge is 2.13. The fourth-order valence-electron chi connectivity index (χ4n) is 1.86. The lowest BCUT2D eigenvalue weighted by molar-refractivity contribution is -0.117. The summed E-state index contributed by atoms with van der Waals surface area (Å²) in [6, 6.07) is 12.1. The van der Waals surface area contributed by atoms with Crippen LogP contribution in [0.1, 0.15) is 15.9 Å². The van der Waals surface area contributed by atoms with E-state index in [9.17, 15) is 9.59 Å². The fraction of sp³-hybridized carbons (Fsp3) is 0.0588. The normalized spacial score (nSPS) is 10.5. The third kappa shape index (κ3) is 4.84. The topological polar surface area (TPSA) is 67.4 Å². The number of hydrogen-bond donors (Lipinski definition) is 2. The summed E-state index contributed by atoms with van der Waals surface area (Å²) < 4.78 is 5.96. The van der Waals surface area contributed by atoms with Gasteiger partial charge in [0.05, 0.1) is 12.7 Å². The number of hydrazine groups is 1. The summed E-state index contributed by atoms with van der Waals surface area (Å²) in [7, 11) is 1.44. The number of halogens is 2. The minimum Gasteiger partial charge on any atom is -0.496 e. The first-order valence-corrected chi connectivity index (χ1v) is 8.05. The maximum absolute atomic E-state index is 12.1. The van der Waals surface area contributed by atoms with Gasteiger partial charge in [0.25, 0.3) is 11.8 Å². The molecule has 0 atom stereocenters. The SMILES string of the molecule is COc1ccc(Cl)cc1C(=O)NNC(=O)/C=C/c1ccccc1Br. The molecular formula is C17H14BrClN2O3. The van der Waals surface area contributed by atoms with Crippen molar-refractivity contribution in [3.63, 3.8) is 0 Å². The minimum absolute atomic E-state index is 0.222. The van der Waals surface area contributed by atoms with Gasteiger partial charge in [0.15, 0.2) is 0 Å². The highest BCUT2D eigenvalue weighted by Crippen LogP contribution is 2.22. The molecule has 0 bridgehead atoms. The lowest BCUT2D eigenvalue weighted by Crippen LogP contribution is -2.40. The number of ether oxygens (including phenoxy) is 1. The summed E-state index contributed by atoms with van der Waals surface area (Å²) in [4.78, 5) is 23.9. The Morgan fingerprint density at radius 3 is 2.62 bits per heavy atom. The van der Waals surface area contributed by atoms with E-state index in [0.717, 1.165) is 10.0 Å². The summed E-state index contributed by atoms with van der Waals surface area (Å²) in [5.41, 5.74) is 5.68. The average molecular weight is 410 g/mol. The largest absolute Gasteiger partial charge is 0.496 e. The van der Waals surface area contributed by atoms with Crippen molar-refractivity contribution in [3.8, 4) is 5.75 Å². The molecule has 0 aliphatic carbocycles. The van der Waals surface area contributed by atoms with E-state index in [1.165, 1.54) is 19.3 Å². The third-order valence-corrected chi connectivity index (χ3v) is 3.98. The molecule has 0 spiro atoms. The van der Waals surface area contributed by atoms with Crippen LogP contribution >= 0.6 is 27.5 Å². The second kappa shape index (κ2) is 8.52. The Hall–Kier alpha value is -2.31. The second-order valence-electron chi connectivity index (χ2n) is 4.64. The zero-order chi connectivity index (χ0) is 17.5. The van der Waals surface area contributed by atoms with E-state index in [0.29, 0.717) is 10.8 Å². The number of rotatable bonds is 4. The lowest BCUT2D eigenvalue weighted by Gasteiger charge is -2.09. The van der Waals surface area contributed by atoms with Crippen molar-refractivity contribution in [3.05, 3.63) is 69.2 Å². The van der Waals surface area contributed by atoms with Crippen LogP contribution in [0.25, 0.3) is 6.08 Å². The molecule has 0 aromatic heterocycles. The Bertz CT molecular complexity index is 793. The van der Waals surface area contributed by atoms with Gasteiger partial charge in [-0.25, -0.2) is 0 Å². The number of hydrogen-bond acceptors (Lipinski definition) is 3. The van der Waals surface area contributed by atoms with Crippen LogP contribution in [0.5, 0.6) is 5.75 Å².